The lowest BCUT2D eigenvalue weighted by Crippen LogP contribution is -2.26. The maximum Gasteiger partial charge on any atom is 0.347 e. The monoisotopic (exact) mass is 326 g/mol. The summed E-state index contributed by atoms with van der Waals surface area (Å²) in [5.74, 6) is 0.0541. The number of hydrogen-bond donors (Lipinski definition) is 0. The van der Waals surface area contributed by atoms with Crippen molar-refractivity contribution in [1.82, 2.24) is 0 Å². The summed E-state index contributed by atoms with van der Waals surface area (Å²) in [5.41, 5.74) is 0.746. The molecule has 0 aliphatic heterocycles. The third-order valence-electron chi connectivity index (χ3n) is 3.91. The molecule has 0 aliphatic carbocycles. The van der Waals surface area contributed by atoms with E-state index in [0.717, 1.165) is 10.8 Å². The average molecular weight is 326 g/mol. The summed E-state index contributed by atoms with van der Waals surface area (Å²) in [6, 6.07) is 10.9. The Bertz CT molecular complexity index is 971. The number of fused-ring (bicyclic) bond motifs is 3. The molecule has 0 radical (unpaired) electrons. The number of hydrogen-bond acceptors (Lipinski definition) is 5. The second kappa shape index (κ2) is 6.35. The lowest BCUT2D eigenvalue weighted by molar-refractivity contribution is -0.150. The fourth-order valence-corrected chi connectivity index (χ4v) is 2.69. The smallest absolute Gasteiger partial charge is 0.347 e. The van der Waals surface area contributed by atoms with Crippen LogP contribution in [0.1, 0.15) is 19.4 Å². The summed E-state index contributed by atoms with van der Waals surface area (Å²) in [4.78, 5) is 23.9. The third kappa shape index (κ3) is 2.73. The molecule has 124 valence electrons. The second-order valence-corrected chi connectivity index (χ2v) is 5.51. The van der Waals surface area contributed by atoms with Crippen LogP contribution in [0, 0.1) is 6.92 Å². The van der Waals surface area contributed by atoms with Gasteiger partial charge in [0.05, 0.1) is 12.0 Å². The zero-order valence-corrected chi connectivity index (χ0v) is 13.8. The zero-order chi connectivity index (χ0) is 17.3. The van der Waals surface area contributed by atoms with E-state index in [9.17, 15) is 9.59 Å². The fourth-order valence-electron chi connectivity index (χ4n) is 2.69. The molecule has 0 saturated carbocycles. The standard InChI is InChI=1S/C19H18O5/c1-4-22-18(20)12(3)23-16-10-9-14-13-7-5-6-8-15(13)19(21)24-17(14)11(16)2/h5-10,12H,4H2,1-3H3. The molecule has 0 bridgehead atoms. The van der Waals surface area contributed by atoms with Crippen molar-refractivity contribution >= 4 is 27.7 Å². The Morgan fingerprint density at radius 1 is 1.12 bits per heavy atom. The van der Waals surface area contributed by atoms with Crippen LogP contribution < -0.4 is 10.4 Å². The Balaban J connectivity index is 2.10. The molecule has 0 spiro atoms. The van der Waals surface area contributed by atoms with E-state index in [0.29, 0.717) is 28.9 Å². The summed E-state index contributed by atoms with van der Waals surface area (Å²) in [6.45, 7) is 5.46. The van der Waals surface area contributed by atoms with Crippen LogP contribution in [0.25, 0.3) is 21.7 Å². The van der Waals surface area contributed by atoms with E-state index in [4.69, 9.17) is 13.9 Å². The zero-order valence-electron chi connectivity index (χ0n) is 13.8. The molecule has 1 unspecified atom stereocenters. The molecule has 0 saturated heterocycles. The van der Waals surface area contributed by atoms with Crippen molar-refractivity contribution in [2.24, 2.45) is 0 Å². The lowest BCUT2D eigenvalue weighted by Gasteiger charge is -2.16. The molecule has 0 aliphatic rings. The molecule has 5 nitrogen and oxygen atoms in total. The van der Waals surface area contributed by atoms with Crippen LogP contribution in [0.5, 0.6) is 5.75 Å². The maximum atomic E-state index is 12.2. The summed E-state index contributed by atoms with van der Waals surface area (Å²) in [7, 11) is 0. The highest BCUT2D eigenvalue weighted by atomic mass is 16.6. The van der Waals surface area contributed by atoms with E-state index in [1.807, 2.05) is 18.2 Å². The first-order valence-corrected chi connectivity index (χ1v) is 7.81. The van der Waals surface area contributed by atoms with Gasteiger partial charge in [0.15, 0.2) is 6.10 Å². The molecule has 3 rings (SSSR count). The van der Waals surface area contributed by atoms with Crippen molar-refractivity contribution < 1.29 is 18.7 Å². The van der Waals surface area contributed by atoms with E-state index in [1.165, 1.54) is 0 Å². The molecule has 5 heteroatoms. The molecule has 1 heterocycles. The normalized spacial score (nSPS) is 12.3. The van der Waals surface area contributed by atoms with Gasteiger partial charge in [0.1, 0.15) is 11.3 Å². The topological polar surface area (TPSA) is 65.7 Å². The Hall–Kier alpha value is -2.82. The van der Waals surface area contributed by atoms with Crippen molar-refractivity contribution in [2.45, 2.75) is 26.9 Å². The Labute approximate surface area is 138 Å². The van der Waals surface area contributed by atoms with E-state index in [2.05, 4.69) is 0 Å². The highest BCUT2D eigenvalue weighted by Crippen LogP contribution is 2.31. The van der Waals surface area contributed by atoms with Crippen molar-refractivity contribution in [1.29, 1.82) is 0 Å². The van der Waals surface area contributed by atoms with E-state index in [1.54, 1.807) is 39.0 Å². The van der Waals surface area contributed by atoms with Gasteiger partial charge in [-0.3, -0.25) is 0 Å². The van der Waals surface area contributed by atoms with Gasteiger partial charge in [0.25, 0.3) is 0 Å². The van der Waals surface area contributed by atoms with Gasteiger partial charge in [0.2, 0.25) is 0 Å². The first kappa shape index (κ1) is 16.1. The van der Waals surface area contributed by atoms with Gasteiger partial charge in [-0.1, -0.05) is 18.2 Å². The fraction of sp³-hybridized carbons (Fsp3) is 0.263. The minimum Gasteiger partial charge on any atom is -0.479 e. The first-order chi connectivity index (χ1) is 11.5. The Morgan fingerprint density at radius 2 is 1.83 bits per heavy atom. The highest BCUT2D eigenvalue weighted by molar-refractivity contribution is 6.05. The second-order valence-electron chi connectivity index (χ2n) is 5.51. The van der Waals surface area contributed by atoms with Gasteiger partial charge in [-0.25, -0.2) is 9.59 Å². The molecule has 0 fully saturated rings. The Kier molecular flexibility index (Phi) is 4.25. The summed E-state index contributed by atoms with van der Waals surface area (Å²) >= 11 is 0. The van der Waals surface area contributed by atoms with Gasteiger partial charge in [-0.15, -0.1) is 0 Å². The predicted molar refractivity (Wildman–Crippen MR) is 91.5 cm³/mol. The van der Waals surface area contributed by atoms with Crippen LogP contribution >= 0.6 is 0 Å². The quantitative estimate of drug-likeness (QED) is 0.416. The van der Waals surface area contributed by atoms with Gasteiger partial charge in [-0.2, -0.15) is 0 Å². The van der Waals surface area contributed by atoms with Crippen LogP contribution in [-0.2, 0) is 9.53 Å². The van der Waals surface area contributed by atoms with Gasteiger partial charge >= 0.3 is 11.6 Å². The molecule has 3 aromatic rings. The molecule has 0 amide bonds. The van der Waals surface area contributed by atoms with Crippen LogP contribution in [0.15, 0.2) is 45.6 Å². The van der Waals surface area contributed by atoms with Crippen molar-refractivity contribution in [3.05, 3.63) is 52.4 Å². The van der Waals surface area contributed by atoms with Crippen LogP contribution in [0.3, 0.4) is 0 Å². The molecular weight excluding hydrogens is 308 g/mol. The largest absolute Gasteiger partial charge is 0.479 e. The van der Waals surface area contributed by atoms with Crippen molar-refractivity contribution in [3.8, 4) is 5.75 Å². The summed E-state index contributed by atoms with van der Waals surface area (Å²) < 4.78 is 16.1. The highest BCUT2D eigenvalue weighted by Gasteiger charge is 2.19. The number of rotatable bonds is 4. The predicted octanol–water partition coefficient (Wildman–Crippen LogP) is 3.59. The number of ether oxygens (including phenoxy) is 2. The van der Waals surface area contributed by atoms with Gasteiger partial charge in [-0.05, 0) is 44.4 Å². The van der Waals surface area contributed by atoms with E-state index >= 15 is 0 Å². The van der Waals surface area contributed by atoms with E-state index in [-0.39, 0.29) is 0 Å². The summed E-state index contributed by atoms with van der Waals surface area (Å²) in [5, 5.41) is 2.20. The van der Waals surface area contributed by atoms with Crippen molar-refractivity contribution in [3.63, 3.8) is 0 Å². The molecule has 24 heavy (non-hydrogen) atoms. The third-order valence-corrected chi connectivity index (χ3v) is 3.91. The Morgan fingerprint density at radius 3 is 2.54 bits per heavy atom. The minimum atomic E-state index is -0.742. The number of carbonyl (C=O) groups is 1. The molecule has 0 N–H and O–H groups in total. The van der Waals surface area contributed by atoms with Gasteiger partial charge < -0.3 is 13.9 Å². The molecule has 1 atom stereocenters. The first-order valence-electron chi connectivity index (χ1n) is 7.81. The van der Waals surface area contributed by atoms with Crippen molar-refractivity contribution in [2.75, 3.05) is 6.61 Å². The molecular formula is C19H18O5. The van der Waals surface area contributed by atoms with Crippen LogP contribution in [0.4, 0.5) is 0 Å². The molecule has 2 aromatic carbocycles. The number of esters is 1. The number of carbonyl (C=O) groups excluding carboxylic acids is 1. The summed E-state index contributed by atoms with van der Waals surface area (Å²) in [6.07, 6.45) is -0.742. The minimum absolute atomic E-state index is 0.296. The average Bonchev–Trinajstić information content (AvgIpc) is 2.58. The van der Waals surface area contributed by atoms with Crippen LogP contribution in [-0.4, -0.2) is 18.7 Å². The lowest BCUT2D eigenvalue weighted by atomic mass is 10.0. The maximum absolute atomic E-state index is 12.2. The van der Waals surface area contributed by atoms with E-state index < -0.39 is 17.7 Å². The van der Waals surface area contributed by atoms with Crippen LogP contribution in [0.2, 0.25) is 0 Å². The number of aryl methyl sites for hydroxylation is 1. The van der Waals surface area contributed by atoms with Gasteiger partial charge in [0, 0.05) is 10.9 Å². The number of benzene rings is 2. The molecule has 1 aromatic heterocycles. The SMILES string of the molecule is CCOC(=O)C(C)Oc1ccc2c(oc(=O)c3ccccc32)c1C.